The predicted octanol–water partition coefficient (Wildman–Crippen LogP) is 3.60. The van der Waals surface area contributed by atoms with Crippen LogP contribution in [0.2, 0.25) is 0 Å². The smallest absolute Gasteiger partial charge is 0.190 e. The fourth-order valence-corrected chi connectivity index (χ4v) is 2.39. The van der Waals surface area contributed by atoms with Crippen LogP contribution in [0.5, 0.6) is 0 Å². The maximum atomic E-state index is 13.5. The second-order valence-electron chi connectivity index (χ2n) is 5.79. The Hall–Kier alpha value is -0.890. The molecule has 6 heteroatoms. The van der Waals surface area contributed by atoms with Crippen LogP contribution in [0.3, 0.4) is 0 Å². The van der Waals surface area contributed by atoms with Gasteiger partial charge in [0.2, 0.25) is 0 Å². The molecule has 0 aliphatic rings. The zero-order valence-corrected chi connectivity index (χ0v) is 17.5. The van der Waals surface area contributed by atoms with Gasteiger partial charge in [0, 0.05) is 26.7 Å². The van der Waals surface area contributed by atoms with E-state index in [0.29, 0.717) is 24.4 Å². The van der Waals surface area contributed by atoms with Crippen molar-refractivity contribution in [2.45, 2.75) is 39.7 Å². The number of rotatable bonds is 9. The Morgan fingerprint density at radius 1 is 1.21 bits per heavy atom. The zero-order chi connectivity index (χ0) is 17.1. The highest BCUT2D eigenvalue weighted by Crippen LogP contribution is 2.10. The highest BCUT2D eigenvalue weighted by atomic mass is 127. The van der Waals surface area contributed by atoms with Crippen molar-refractivity contribution in [2.75, 3.05) is 26.7 Å². The lowest BCUT2D eigenvalue weighted by Gasteiger charge is -2.21. The van der Waals surface area contributed by atoms with Crippen molar-refractivity contribution in [3.63, 3.8) is 0 Å². The van der Waals surface area contributed by atoms with E-state index in [-0.39, 0.29) is 35.9 Å². The summed E-state index contributed by atoms with van der Waals surface area (Å²) in [6, 6.07) is 6.85. The fourth-order valence-electron chi connectivity index (χ4n) is 2.39. The summed E-state index contributed by atoms with van der Waals surface area (Å²) in [4.78, 5) is 4.19. The number of nitrogens with zero attached hydrogens (tertiary/aromatic N) is 1. The molecule has 2 N–H and O–H groups in total. The molecule has 0 aliphatic heterocycles. The number of aliphatic imine (C=N–C) groups is 1. The molecule has 0 spiro atoms. The minimum atomic E-state index is -0.159. The summed E-state index contributed by atoms with van der Waals surface area (Å²) in [7, 11) is 1.74. The van der Waals surface area contributed by atoms with E-state index in [2.05, 4.69) is 29.5 Å². The lowest BCUT2D eigenvalue weighted by molar-refractivity contribution is 0.0258. The molecule has 1 unspecified atom stereocenters. The summed E-state index contributed by atoms with van der Waals surface area (Å²) < 4.78 is 19.3. The monoisotopic (exact) mass is 451 g/mol. The molecule has 1 aromatic rings. The lowest BCUT2D eigenvalue weighted by Crippen LogP contribution is -2.40. The van der Waals surface area contributed by atoms with Crippen molar-refractivity contribution in [1.82, 2.24) is 10.6 Å². The van der Waals surface area contributed by atoms with Crippen LogP contribution in [0.15, 0.2) is 29.3 Å². The van der Waals surface area contributed by atoms with Gasteiger partial charge in [0.15, 0.2) is 5.96 Å². The second-order valence-corrected chi connectivity index (χ2v) is 5.79. The van der Waals surface area contributed by atoms with Gasteiger partial charge in [0.1, 0.15) is 5.82 Å². The van der Waals surface area contributed by atoms with Gasteiger partial charge in [-0.3, -0.25) is 4.99 Å². The van der Waals surface area contributed by atoms with Crippen LogP contribution in [0.1, 0.15) is 32.8 Å². The van der Waals surface area contributed by atoms with Gasteiger partial charge < -0.3 is 15.4 Å². The molecular weight excluding hydrogens is 420 g/mol. The Balaban J connectivity index is 0.00000529. The summed E-state index contributed by atoms with van der Waals surface area (Å²) in [6.07, 6.45) is 1.81. The topological polar surface area (TPSA) is 45.6 Å². The van der Waals surface area contributed by atoms with Gasteiger partial charge in [-0.1, -0.05) is 32.0 Å². The maximum Gasteiger partial charge on any atom is 0.190 e. The molecule has 0 aromatic heterocycles. The van der Waals surface area contributed by atoms with Crippen molar-refractivity contribution in [3.05, 3.63) is 35.6 Å². The van der Waals surface area contributed by atoms with Crippen molar-refractivity contribution in [1.29, 1.82) is 0 Å². The molecule has 138 valence electrons. The van der Waals surface area contributed by atoms with E-state index in [1.807, 2.05) is 19.1 Å². The van der Waals surface area contributed by atoms with Gasteiger partial charge in [-0.2, -0.15) is 0 Å². The molecule has 1 atom stereocenters. The van der Waals surface area contributed by atoms with Crippen LogP contribution >= 0.6 is 24.0 Å². The second kappa shape index (κ2) is 13.4. The summed E-state index contributed by atoms with van der Waals surface area (Å²) in [5.74, 6) is 1.07. The third-order valence-corrected chi connectivity index (χ3v) is 3.71. The molecule has 0 saturated carbocycles. The van der Waals surface area contributed by atoms with Crippen LogP contribution < -0.4 is 10.6 Å². The summed E-state index contributed by atoms with van der Waals surface area (Å²) in [5, 5.41) is 6.49. The first-order valence-corrected chi connectivity index (χ1v) is 8.38. The Bertz CT molecular complexity index is 483. The van der Waals surface area contributed by atoms with E-state index in [1.54, 1.807) is 13.1 Å². The van der Waals surface area contributed by atoms with Gasteiger partial charge in [0.05, 0.1) is 6.10 Å². The SMILES string of the molecule is CCOC(CCNC(=NC)NCCc1ccccc1F)C(C)C.I. The number of halogens is 2. The summed E-state index contributed by atoms with van der Waals surface area (Å²) in [6.45, 7) is 8.52. The van der Waals surface area contributed by atoms with E-state index in [1.165, 1.54) is 6.07 Å². The first kappa shape index (κ1) is 23.1. The standard InChI is InChI=1S/C18H30FN3O.HI/c1-5-23-17(14(2)3)11-13-22-18(20-4)21-12-10-15-8-6-7-9-16(15)19;/h6-9,14,17H,5,10-13H2,1-4H3,(H2,20,21,22);1H. The molecular formula is C18H31FIN3O. The number of ether oxygens (including phenoxy) is 1. The normalized spacial score (nSPS) is 12.7. The number of hydrogen-bond donors (Lipinski definition) is 2. The molecule has 0 aliphatic carbocycles. The Morgan fingerprint density at radius 3 is 2.46 bits per heavy atom. The molecule has 0 bridgehead atoms. The van der Waals surface area contributed by atoms with E-state index >= 15 is 0 Å². The number of benzene rings is 1. The van der Waals surface area contributed by atoms with Crippen molar-refractivity contribution in [2.24, 2.45) is 10.9 Å². The quantitative estimate of drug-likeness (QED) is 0.343. The largest absolute Gasteiger partial charge is 0.378 e. The average molecular weight is 451 g/mol. The van der Waals surface area contributed by atoms with Crippen LogP contribution in [-0.2, 0) is 11.2 Å². The number of hydrogen-bond acceptors (Lipinski definition) is 2. The molecule has 0 amide bonds. The van der Waals surface area contributed by atoms with Gasteiger partial charge in [-0.25, -0.2) is 4.39 Å². The van der Waals surface area contributed by atoms with Crippen LogP contribution in [0, 0.1) is 11.7 Å². The minimum absolute atomic E-state index is 0. The predicted molar refractivity (Wildman–Crippen MR) is 110 cm³/mol. The molecule has 24 heavy (non-hydrogen) atoms. The van der Waals surface area contributed by atoms with Gasteiger partial charge in [0.25, 0.3) is 0 Å². The summed E-state index contributed by atoms with van der Waals surface area (Å²) >= 11 is 0. The van der Waals surface area contributed by atoms with E-state index in [0.717, 1.165) is 25.5 Å². The molecule has 0 fully saturated rings. The van der Waals surface area contributed by atoms with Crippen molar-refractivity contribution < 1.29 is 9.13 Å². The van der Waals surface area contributed by atoms with E-state index < -0.39 is 0 Å². The van der Waals surface area contributed by atoms with Crippen LogP contribution in [0.25, 0.3) is 0 Å². The lowest BCUT2D eigenvalue weighted by atomic mass is 10.0. The maximum absolute atomic E-state index is 13.5. The van der Waals surface area contributed by atoms with Gasteiger partial charge in [-0.05, 0) is 37.3 Å². The highest BCUT2D eigenvalue weighted by molar-refractivity contribution is 14.0. The number of nitrogens with one attached hydrogen (secondary N) is 2. The van der Waals surface area contributed by atoms with Gasteiger partial charge in [-0.15, -0.1) is 24.0 Å². The molecule has 4 nitrogen and oxygen atoms in total. The van der Waals surface area contributed by atoms with Crippen LogP contribution in [0.4, 0.5) is 4.39 Å². The summed E-state index contributed by atoms with van der Waals surface area (Å²) in [5.41, 5.74) is 0.715. The minimum Gasteiger partial charge on any atom is -0.378 e. The Labute approximate surface area is 162 Å². The van der Waals surface area contributed by atoms with Crippen LogP contribution in [-0.4, -0.2) is 38.8 Å². The van der Waals surface area contributed by atoms with Crippen molar-refractivity contribution >= 4 is 29.9 Å². The molecule has 1 rings (SSSR count). The van der Waals surface area contributed by atoms with E-state index in [9.17, 15) is 4.39 Å². The molecule has 1 aromatic carbocycles. The van der Waals surface area contributed by atoms with Crippen molar-refractivity contribution in [3.8, 4) is 0 Å². The first-order valence-electron chi connectivity index (χ1n) is 8.38. The average Bonchev–Trinajstić information content (AvgIpc) is 2.54. The molecule has 0 saturated heterocycles. The Kier molecular flexibility index (Phi) is 12.9. The first-order chi connectivity index (χ1) is 11.1. The molecule has 0 radical (unpaired) electrons. The van der Waals surface area contributed by atoms with Gasteiger partial charge >= 0.3 is 0 Å². The molecule has 0 heterocycles. The fraction of sp³-hybridized carbons (Fsp3) is 0.611. The highest BCUT2D eigenvalue weighted by Gasteiger charge is 2.12. The van der Waals surface area contributed by atoms with E-state index in [4.69, 9.17) is 4.74 Å². The zero-order valence-electron chi connectivity index (χ0n) is 15.1. The Morgan fingerprint density at radius 2 is 1.88 bits per heavy atom. The third-order valence-electron chi connectivity index (χ3n) is 3.71. The third kappa shape index (κ3) is 8.82. The number of guanidine groups is 1.